The normalized spacial score (nSPS) is 15.2. The van der Waals surface area contributed by atoms with Crippen LogP contribution in [-0.2, 0) is 16.8 Å². The van der Waals surface area contributed by atoms with Gasteiger partial charge in [0.05, 0.1) is 44.7 Å². The number of carbonyl (C=O) groups excluding carboxylic acids is 1. The van der Waals surface area contributed by atoms with Crippen LogP contribution in [0.4, 0.5) is 10.1 Å². The lowest BCUT2D eigenvalue weighted by Crippen LogP contribution is -2.36. The number of fused-ring (bicyclic) bond motifs is 1. The van der Waals surface area contributed by atoms with Crippen LogP contribution in [0, 0.1) is 11.2 Å². The third-order valence-electron chi connectivity index (χ3n) is 7.73. The van der Waals surface area contributed by atoms with Gasteiger partial charge in [0, 0.05) is 37.2 Å². The van der Waals surface area contributed by atoms with Gasteiger partial charge in [-0.05, 0) is 48.4 Å². The summed E-state index contributed by atoms with van der Waals surface area (Å²) in [6.07, 6.45) is 1.07. The SMILES string of the molecule is Br.COc1cc2c(c(F)c1OC)C(=N)N(CC(=O)c1cc(N3CCC(O)CC3)c(OCCCC(=O)O)c(C(C)(C)C)c1)C2. The highest BCUT2D eigenvalue weighted by Crippen LogP contribution is 2.42. The van der Waals surface area contributed by atoms with Crippen molar-refractivity contribution in [3.05, 3.63) is 46.3 Å². The molecule has 0 amide bonds. The summed E-state index contributed by atoms with van der Waals surface area (Å²) in [4.78, 5) is 28.5. The number of amidine groups is 1. The van der Waals surface area contributed by atoms with Crippen molar-refractivity contribution in [3.8, 4) is 17.2 Å². The van der Waals surface area contributed by atoms with E-state index in [0.717, 1.165) is 5.56 Å². The summed E-state index contributed by atoms with van der Waals surface area (Å²) >= 11 is 0. The molecule has 1 fully saturated rings. The molecule has 0 unspecified atom stereocenters. The van der Waals surface area contributed by atoms with Crippen LogP contribution >= 0.6 is 17.0 Å². The molecule has 0 aromatic heterocycles. The lowest BCUT2D eigenvalue weighted by Gasteiger charge is -2.35. The van der Waals surface area contributed by atoms with Gasteiger partial charge in [-0.1, -0.05) is 20.8 Å². The summed E-state index contributed by atoms with van der Waals surface area (Å²) < 4.78 is 31.9. The molecule has 2 aromatic carbocycles. The third-order valence-corrected chi connectivity index (χ3v) is 7.73. The average Bonchev–Trinajstić information content (AvgIpc) is 3.25. The zero-order chi connectivity index (χ0) is 30.8. The molecule has 10 nitrogen and oxygen atoms in total. The van der Waals surface area contributed by atoms with Gasteiger partial charge in [0.2, 0.25) is 0 Å². The highest BCUT2D eigenvalue weighted by molar-refractivity contribution is 8.93. The van der Waals surface area contributed by atoms with Crippen LogP contribution in [0.2, 0.25) is 0 Å². The highest BCUT2D eigenvalue weighted by atomic mass is 79.9. The zero-order valence-corrected chi connectivity index (χ0v) is 27.0. The number of rotatable bonds is 11. The number of halogens is 2. The second-order valence-corrected chi connectivity index (χ2v) is 11.8. The molecule has 2 aliphatic rings. The quantitative estimate of drug-likeness (QED) is 0.225. The van der Waals surface area contributed by atoms with Crippen molar-refractivity contribution < 1.29 is 38.4 Å². The number of carboxylic acid groups (broad SMARTS) is 1. The summed E-state index contributed by atoms with van der Waals surface area (Å²) in [5, 5.41) is 27.8. The topological polar surface area (TPSA) is 133 Å². The van der Waals surface area contributed by atoms with E-state index >= 15 is 4.39 Å². The van der Waals surface area contributed by atoms with Crippen molar-refractivity contribution in [3.63, 3.8) is 0 Å². The van der Waals surface area contributed by atoms with E-state index < -0.39 is 23.3 Å². The number of aliphatic hydroxyl groups excluding tert-OH is 1. The number of carboxylic acids is 1. The van der Waals surface area contributed by atoms with E-state index in [0.29, 0.717) is 54.9 Å². The standard InChI is InChI=1S/C31H40FN3O7.BrH/c1-31(2,3)21-13-18(14-22(34-10-8-20(36)9-11-34)28(21)42-12-6-7-25(38)39)23(37)17-35-16-19-15-24(40-4)29(41-5)27(32)26(19)30(35)33;/h13-15,20,33,36H,6-12,16-17H2,1-5H3,(H,38,39);1H. The Bertz CT molecular complexity index is 1370. The first-order chi connectivity index (χ1) is 19.8. The number of nitrogens with zero attached hydrogens (tertiary/aromatic N) is 2. The molecule has 2 aliphatic heterocycles. The minimum atomic E-state index is -0.896. The van der Waals surface area contributed by atoms with Gasteiger partial charge in [-0.15, -0.1) is 17.0 Å². The molecule has 1 saturated heterocycles. The van der Waals surface area contributed by atoms with E-state index in [1.807, 2.05) is 20.8 Å². The molecular weight excluding hydrogens is 625 g/mol. The molecule has 3 N–H and O–H groups in total. The maximum atomic E-state index is 15.3. The maximum absolute atomic E-state index is 15.3. The van der Waals surface area contributed by atoms with Crippen LogP contribution in [0.5, 0.6) is 17.2 Å². The first-order valence-corrected chi connectivity index (χ1v) is 14.1. The molecule has 0 radical (unpaired) electrons. The van der Waals surface area contributed by atoms with Crippen molar-refractivity contribution in [2.45, 2.75) is 64.5 Å². The fraction of sp³-hybridized carbons (Fsp3) is 0.516. The number of hydrogen-bond donors (Lipinski definition) is 3. The number of piperidine rings is 1. The Morgan fingerprint density at radius 3 is 2.35 bits per heavy atom. The monoisotopic (exact) mass is 665 g/mol. The maximum Gasteiger partial charge on any atom is 0.303 e. The van der Waals surface area contributed by atoms with Crippen molar-refractivity contribution in [2.24, 2.45) is 0 Å². The molecule has 12 heteroatoms. The molecule has 4 rings (SSSR count). The third kappa shape index (κ3) is 7.41. The second-order valence-electron chi connectivity index (χ2n) is 11.8. The Labute approximate surface area is 262 Å². The van der Waals surface area contributed by atoms with Gasteiger partial charge >= 0.3 is 5.97 Å². The zero-order valence-electron chi connectivity index (χ0n) is 25.3. The minimum Gasteiger partial charge on any atom is -0.493 e. The van der Waals surface area contributed by atoms with Crippen LogP contribution in [0.15, 0.2) is 18.2 Å². The number of anilines is 1. The van der Waals surface area contributed by atoms with E-state index in [9.17, 15) is 14.7 Å². The average molecular weight is 667 g/mol. The fourth-order valence-corrected chi connectivity index (χ4v) is 5.45. The number of nitrogens with one attached hydrogen (secondary N) is 1. The number of hydrogen-bond acceptors (Lipinski definition) is 8. The summed E-state index contributed by atoms with van der Waals surface area (Å²) in [5.74, 6) is -1.19. The van der Waals surface area contributed by atoms with Gasteiger partial charge in [0.25, 0.3) is 0 Å². The molecule has 0 bridgehead atoms. The predicted octanol–water partition coefficient (Wildman–Crippen LogP) is 4.95. The Balaban J connectivity index is 0.00000506. The predicted molar refractivity (Wildman–Crippen MR) is 166 cm³/mol. The summed E-state index contributed by atoms with van der Waals surface area (Å²) in [5.41, 5.74) is 2.15. The number of benzene rings is 2. The second kappa shape index (κ2) is 13.9. The van der Waals surface area contributed by atoms with E-state index in [1.165, 1.54) is 19.1 Å². The van der Waals surface area contributed by atoms with Crippen LogP contribution in [-0.4, -0.2) is 79.3 Å². The number of methoxy groups -OCH3 is 2. The summed E-state index contributed by atoms with van der Waals surface area (Å²) in [6.45, 7) is 7.42. The Hall–Kier alpha value is -3.38. The van der Waals surface area contributed by atoms with E-state index in [-0.39, 0.29) is 71.8 Å². The van der Waals surface area contributed by atoms with Crippen molar-refractivity contribution in [1.29, 1.82) is 5.41 Å². The molecule has 0 spiro atoms. The molecule has 43 heavy (non-hydrogen) atoms. The van der Waals surface area contributed by atoms with Crippen molar-refractivity contribution >= 4 is 40.3 Å². The van der Waals surface area contributed by atoms with E-state index in [4.69, 9.17) is 24.7 Å². The van der Waals surface area contributed by atoms with Crippen LogP contribution in [0.25, 0.3) is 0 Å². The molecule has 0 atom stereocenters. The number of ketones is 1. The number of aliphatic carboxylic acids is 1. The Morgan fingerprint density at radius 2 is 1.77 bits per heavy atom. The molecule has 2 aromatic rings. The van der Waals surface area contributed by atoms with E-state index in [2.05, 4.69) is 4.90 Å². The lowest BCUT2D eigenvalue weighted by atomic mass is 9.84. The van der Waals surface area contributed by atoms with Gasteiger partial charge in [-0.25, -0.2) is 4.39 Å². The number of carbonyl (C=O) groups is 2. The molecular formula is C31H41BrFN3O7. The van der Waals surface area contributed by atoms with Gasteiger partial charge < -0.3 is 34.2 Å². The number of aliphatic hydroxyl groups is 1. The fourth-order valence-electron chi connectivity index (χ4n) is 5.45. The smallest absolute Gasteiger partial charge is 0.303 e. The summed E-state index contributed by atoms with van der Waals surface area (Å²) in [6, 6.07) is 5.21. The van der Waals surface area contributed by atoms with Gasteiger partial charge in [0.1, 0.15) is 11.6 Å². The number of Topliss-reactive ketones (excluding diaryl/α,β-unsaturated/α-hetero) is 1. The highest BCUT2D eigenvalue weighted by Gasteiger charge is 2.34. The Morgan fingerprint density at radius 1 is 1.09 bits per heavy atom. The first-order valence-electron chi connectivity index (χ1n) is 14.1. The van der Waals surface area contributed by atoms with Crippen LogP contribution < -0.4 is 19.1 Å². The first kappa shape index (κ1) is 34.1. The summed E-state index contributed by atoms with van der Waals surface area (Å²) in [7, 11) is 2.75. The van der Waals surface area contributed by atoms with Gasteiger partial charge in [-0.3, -0.25) is 15.0 Å². The molecule has 236 valence electrons. The largest absolute Gasteiger partial charge is 0.493 e. The molecule has 0 aliphatic carbocycles. The van der Waals surface area contributed by atoms with Crippen LogP contribution in [0.3, 0.4) is 0 Å². The van der Waals surface area contributed by atoms with E-state index in [1.54, 1.807) is 18.2 Å². The molecule has 0 saturated carbocycles. The van der Waals surface area contributed by atoms with Gasteiger partial charge in [-0.2, -0.15) is 0 Å². The number of ether oxygens (including phenoxy) is 3. The minimum absolute atomic E-state index is 0. The lowest BCUT2D eigenvalue weighted by molar-refractivity contribution is -0.137. The van der Waals surface area contributed by atoms with Gasteiger partial charge in [0.15, 0.2) is 23.1 Å². The van der Waals surface area contributed by atoms with Crippen molar-refractivity contribution in [2.75, 3.05) is 45.4 Å². The van der Waals surface area contributed by atoms with Crippen LogP contribution in [0.1, 0.15) is 73.5 Å². The molecule has 2 heterocycles. The Kier molecular flexibility index (Phi) is 11.1. The van der Waals surface area contributed by atoms with Crippen molar-refractivity contribution in [1.82, 2.24) is 4.90 Å².